The van der Waals surface area contributed by atoms with E-state index in [0.717, 1.165) is 28.0 Å². The van der Waals surface area contributed by atoms with Crippen molar-refractivity contribution in [2.45, 2.75) is 27.2 Å². The summed E-state index contributed by atoms with van der Waals surface area (Å²) in [5.41, 5.74) is 1.58. The van der Waals surface area contributed by atoms with Crippen LogP contribution in [0.2, 0.25) is 0 Å². The van der Waals surface area contributed by atoms with E-state index in [4.69, 9.17) is 0 Å². The monoisotopic (exact) mass is 400 g/mol. The van der Waals surface area contributed by atoms with E-state index in [1.54, 1.807) is 6.07 Å². The van der Waals surface area contributed by atoms with Crippen molar-refractivity contribution in [1.82, 2.24) is 15.0 Å². The molecule has 0 bridgehead atoms. The van der Waals surface area contributed by atoms with Crippen LogP contribution in [0.1, 0.15) is 26.5 Å². The van der Waals surface area contributed by atoms with Crippen LogP contribution in [0.5, 0.6) is 0 Å². The third-order valence-corrected chi connectivity index (χ3v) is 3.96. The summed E-state index contributed by atoms with van der Waals surface area (Å²) in [6.45, 7) is 7.11. The maximum atomic E-state index is 13.0. The fourth-order valence-corrected chi connectivity index (χ4v) is 2.57. The minimum absolute atomic E-state index is 0.362. The number of anilines is 1. The summed E-state index contributed by atoms with van der Waals surface area (Å²) in [6.07, 6.45) is 2.05. The number of hydrogen-bond donors (Lipinski definition) is 1. The van der Waals surface area contributed by atoms with Crippen LogP contribution < -0.4 is 5.32 Å². The van der Waals surface area contributed by atoms with E-state index in [0.29, 0.717) is 17.4 Å². The lowest BCUT2D eigenvalue weighted by atomic mass is 10.1. The van der Waals surface area contributed by atoms with Gasteiger partial charge in [-0.1, -0.05) is 13.8 Å². The largest absolute Gasteiger partial charge is 0.369 e. The zero-order valence-corrected chi connectivity index (χ0v) is 14.5. The van der Waals surface area contributed by atoms with Gasteiger partial charge in [0.15, 0.2) is 5.82 Å². The average molecular weight is 400 g/mol. The molecule has 21 heavy (non-hydrogen) atoms. The SMILES string of the molecule is CCNc1nc(-c2ccc(F)cn2)nc(CC(C)C)c1I. The standard InChI is InChI=1S/C15H18FIN4/c1-4-18-15-13(17)12(7-9(2)3)20-14(21-15)11-6-5-10(16)8-19-11/h5-6,8-9H,4,7H2,1-3H3,(H,18,20,21). The number of aromatic nitrogens is 3. The Labute approximate surface area is 137 Å². The molecule has 0 spiro atoms. The van der Waals surface area contributed by atoms with Gasteiger partial charge in [-0.05, 0) is 54.0 Å². The first-order valence-corrected chi connectivity index (χ1v) is 8.01. The first-order chi connectivity index (χ1) is 10.0. The highest BCUT2D eigenvalue weighted by Crippen LogP contribution is 2.25. The fraction of sp³-hybridized carbons (Fsp3) is 0.400. The topological polar surface area (TPSA) is 50.7 Å². The molecule has 0 fully saturated rings. The summed E-state index contributed by atoms with van der Waals surface area (Å²) in [4.78, 5) is 13.2. The van der Waals surface area contributed by atoms with Crippen molar-refractivity contribution in [2.75, 3.05) is 11.9 Å². The zero-order valence-electron chi connectivity index (χ0n) is 12.3. The summed E-state index contributed by atoms with van der Waals surface area (Å²) >= 11 is 2.27. The zero-order chi connectivity index (χ0) is 15.4. The van der Waals surface area contributed by atoms with Crippen molar-refractivity contribution in [3.63, 3.8) is 0 Å². The Morgan fingerprint density at radius 2 is 2.05 bits per heavy atom. The molecule has 4 nitrogen and oxygen atoms in total. The molecule has 2 aromatic rings. The van der Waals surface area contributed by atoms with E-state index in [2.05, 4.69) is 56.7 Å². The Kier molecular flexibility index (Phi) is 5.44. The lowest BCUT2D eigenvalue weighted by molar-refractivity contribution is 0.621. The van der Waals surface area contributed by atoms with Gasteiger partial charge in [-0.25, -0.2) is 19.3 Å². The molecular weight excluding hydrogens is 382 g/mol. The molecule has 0 atom stereocenters. The van der Waals surface area contributed by atoms with E-state index >= 15 is 0 Å². The number of hydrogen-bond acceptors (Lipinski definition) is 4. The molecule has 2 rings (SSSR count). The van der Waals surface area contributed by atoms with Crippen molar-refractivity contribution >= 4 is 28.4 Å². The molecule has 0 saturated heterocycles. The second kappa shape index (κ2) is 7.11. The Hall–Kier alpha value is -1.31. The van der Waals surface area contributed by atoms with Gasteiger partial charge in [-0.2, -0.15) is 0 Å². The smallest absolute Gasteiger partial charge is 0.180 e. The van der Waals surface area contributed by atoms with Gasteiger partial charge in [0.05, 0.1) is 15.5 Å². The quantitative estimate of drug-likeness (QED) is 0.774. The van der Waals surface area contributed by atoms with Gasteiger partial charge in [0.25, 0.3) is 0 Å². The Morgan fingerprint density at radius 3 is 2.62 bits per heavy atom. The van der Waals surface area contributed by atoms with Gasteiger partial charge in [0, 0.05) is 6.54 Å². The highest BCUT2D eigenvalue weighted by atomic mass is 127. The molecule has 0 radical (unpaired) electrons. The molecule has 2 aromatic heterocycles. The van der Waals surface area contributed by atoms with Crippen molar-refractivity contribution in [1.29, 1.82) is 0 Å². The second-order valence-corrected chi connectivity index (χ2v) is 6.23. The van der Waals surface area contributed by atoms with Gasteiger partial charge >= 0.3 is 0 Å². The van der Waals surface area contributed by atoms with Crippen LogP contribution in [0.25, 0.3) is 11.5 Å². The van der Waals surface area contributed by atoms with Crippen LogP contribution in [0, 0.1) is 15.3 Å². The first-order valence-electron chi connectivity index (χ1n) is 6.93. The number of pyridine rings is 1. The van der Waals surface area contributed by atoms with Crippen molar-refractivity contribution < 1.29 is 4.39 Å². The average Bonchev–Trinajstić information content (AvgIpc) is 2.43. The van der Waals surface area contributed by atoms with Crippen LogP contribution in [0.3, 0.4) is 0 Å². The molecule has 6 heteroatoms. The molecule has 0 aliphatic rings. The van der Waals surface area contributed by atoms with Crippen LogP contribution in [-0.2, 0) is 6.42 Å². The lowest BCUT2D eigenvalue weighted by Crippen LogP contribution is -2.10. The molecule has 2 heterocycles. The first kappa shape index (κ1) is 16.1. The fourth-order valence-electron chi connectivity index (χ4n) is 1.92. The highest BCUT2D eigenvalue weighted by Gasteiger charge is 2.14. The van der Waals surface area contributed by atoms with Gasteiger partial charge in [0.1, 0.15) is 17.3 Å². The molecule has 0 aromatic carbocycles. The predicted molar refractivity (Wildman–Crippen MR) is 90.6 cm³/mol. The summed E-state index contributed by atoms with van der Waals surface area (Å²) < 4.78 is 14.0. The maximum absolute atomic E-state index is 13.0. The van der Waals surface area contributed by atoms with Crippen molar-refractivity contribution in [2.24, 2.45) is 5.92 Å². The molecule has 112 valence electrons. The molecule has 0 unspecified atom stereocenters. The van der Waals surface area contributed by atoms with Crippen LogP contribution in [0.4, 0.5) is 10.2 Å². The van der Waals surface area contributed by atoms with Crippen LogP contribution in [0.15, 0.2) is 18.3 Å². The number of rotatable bonds is 5. The number of halogens is 2. The highest BCUT2D eigenvalue weighted by molar-refractivity contribution is 14.1. The van der Waals surface area contributed by atoms with Gasteiger partial charge in [-0.3, -0.25) is 0 Å². The van der Waals surface area contributed by atoms with Crippen LogP contribution >= 0.6 is 22.6 Å². The van der Waals surface area contributed by atoms with Gasteiger partial charge in [-0.15, -0.1) is 0 Å². The van der Waals surface area contributed by atoms with E-state index in [1.807, 2.05) is 6.92 Å². The van der Waals surface area contributed by atoms with Crippen molar-refractivity contribution in [3.05, 3.63) is 33.4 Å². The summed E-state index contributed by atoms with van der Waals surface area (Å²) in [7, 11) is 0. The van der Waals surface area contributed by atoms with Crippen molar-refractivity contribution in [3.8, 4) is 11.5 Å². The maximum Gasteiger partial charge on any atom is 0.180 e. The van der Waals surface area contributed by atoms with E-state index in [-0.39, 0.29) is 5.82 Å². The minimum atomic E-state index is -0.362. The molecule has 0 saturated carbocycles. The third-order valence-electron chi connectivity index (χ3n) is 2.82. The van der Waals surface area contributed by atoms with E-state index < -0.39 is 0 Å². The summed E-state index contributed by atoms with van der Waals surface area (Å²) in [5.74, 6) is 1.47. The Balaban J connectivity index is 2.49. The second-order valence-electron chi connectivity index (χ2n) is 5.15. The predicted octanol–water partition coefficient (Wildman–Crippen LogP) is 3.91. The molecule has 0 amide bonds. The Bertz CT molecular complexity index is 614. The summed E-state index contributed by atoms with van der Waals surface area (Å²) in [5, 5.41) is 3.25. The molecular formula is C15H18FIN4. The molecule has 0 aliphatic heterocycles. The van der Waals surface area contributed by atoms with Gasteiger partial charge < -0.3 is 5.32 Å². The summed E-state index contributed by atoms with van der Waals surface area (Å²) in [6, 6.07) is 2.98. The lowest BCUT2D eigenvalue weighted by Gasteiger charge is -2.13. The minimum Gasteiger partial charge on any atom is -0.369 e. The third kappa shape index (κ3) is 4.09. The number of nitrogens with zero attached hydrogens (tertiary/aromatic N) is 3. The van der Waals surface area contributed by atoms with E-state index in [1.165, 1.54) is 12.3 Å². The van der Waals surface area contributed by atoms with Crippen LogP contribution in [-0.4, -0.2) is 21.5 Å². The van der Waals surface area contributed by atoms with E-state index in [9.17, 15) is 4.39 Å². The molecule has 1 N–H and O–H groups in total. The number of nitrogens with one attached hydrogen (secondary N) is 1. The normalized spacial score (nSPS) is 11.0. The molecule has 0 aliphatic carbocycles. The van der Waals surface area contributed by atoms with Gasteiger partial charge in [0.2, 0.25) is 0 Å². The Morgan fingerprint density at radius 1 is 1.29 bits per heavy atom.